The maximum atomic E-state index is 14.5. The number of amides is 4. The molecule has 4 amide bonds. The van der Waals surface area contributed by atoms with Crippen LogP contribution < -0.4 is 20.1 Å². The minimum Gasteiger partial charge on any atom is -0.471 e. The predicted molar refractivity (Wildman–Crippen MR) is 195 cm³/mol. The van der Waals surface area contributed by atoms with Crippen LogP contribution in [-0.4, -0.2) is 94.6 Å². The molecule has 3 aromatic rings. The summed E-state index contributed by atoms with van der Waals surface area (Å²) in [4.78, 5) is 66.5. The number of para-hydroxylation sites is 2. The Morgan fingerprint density at radius 3 is 2.22 bits per heavy atom. The number of sulfonamides is 1. The fourth-order valence-corrected chi connectivity index (χ4v) is 8.52. The van der Waals surface area contributed by atoms with Gasteiger partial charge >= 0.3 is 6.09 Å². The Labute approximate surface area is 315 Å². The number of nitrogens with one attached hydrogen (secondary N) is 3. The van der Waals surface area contributed by atoms with Gasteiger partial charge in [0.05, 0.1) is 33.6 Å². The summed E-state index contributed by atoms with van der Waals surface area (Å²) in [7, 11) is -4.14. The van der Waals surface area contributed by atoms with Crippen LogP contribution in [0.4, 0.5) is 13.6 Å². The number of aromatic nitrogens is 2. The number of alkyl halides is 2. The zero-order chi connectivity index (χ0) is 39.4. The molecule has 0 radical (unpaired) electrons. The van der Waals surface area contributed by atoms with Crippen molar-refractivity contribution in [1.82, 2.24) is 30.2 Å². The lowest BCUT2D eigenvalue weighted by Crippen LogP contribution is -2.60. The first-order valence-electron chi connectivity index (χ1n) is 17.6. The SMILES string of the molecule is CC(C)(C)OC(=O)N[C@H](C(=O)N1C[C@H](Oc2nc3ccccc3nc2-c2cccs2)CC1C(=O)N[C@]1(C(=O)NS(=O)(=O)C2CC2)C[C@H]1C(F)F)C(C)(C)C. The molecule has 1 saturated heterocycles. The van der Waals surface area contributed by atoms with E-state index in [-0.39, 0.29) is 18.8 Å². The van der Waals surface area contributed by atoms with Gasteiger partial charge in [-0.05, 0) is 69.0 Å². The van der Waals surface area contributed by atoms with Gasteiger partial charge in [0.15, 0.2) is 0 Å². The highest BCUT2D eigenvalue weighted by molar-refractivity contribution is 7.91. The number of halogens is 2. The highest BCUT2D eigenvalue weighted by Gasteiger charge is 2.67. The van der Waals surface area contributed by atoms with Crippen LogP contribution in [0.3, 0.4) is 0 Å². The van der Waals surface area contributed by atoms with Gasteiger partial charge in [-0.15, -0.1) is 11.3 Å². The van der Waals surface area contributed by atoms with E-state index in [1.807, 2.05) is 28.3 Å². The molecule has 0 bridgehead atoms. The zero-order valence-electron chi connectivity index (χ0n) is 30.7. The van der Waals surface area contributed by atoms with E-state index in [4.69, 9.17) is 19.4 Å². The smallest absolute Gasteiger partial charge is 0.408 e. The van der Waals surface area contributed by atoms with Crippen LogP contribution in [0.25, 0.3) is 21.6 Å². The summed E-state index contributed by atoms with van der Waals surface area (Å²) < 4.78 is 67.3. The lowest BCUT2D eigenvalue weighted by Gasteiger charge is -2.36. The van der Waals surface area contributed by atoms with Crippen molar-refractivity contribution in [2.45, 2.75) is 108 Å². The van der Waals surface area contributed by atoms with E-state index in [2.05, 4.69) is 10.6 Å². The summed E-state index contributed by atoms with van der Waals surface area (Å²) in [6, 6.07) is 8.23. The lowest BCUT2D eigenvalue weighted by atomic mass is 9.85. The van der Waals surface area contributed by atoms with Gasteiger partial charge < -0.3 is 25.0 Å². The van der Waals surface area contributed by atoms with Gasteiger partial charge in [0.25, 0.3) is 5.91 Å². The molecular formula is C36H44F2N6O8S2. The Kier molecular flexibility index (Phi) is 10.4. The standard InChI is InChI=1S/C36H44F2N6O8S2/c1-34(2,3)27(41-33(48)52-35(4,5)6)31(46)44-18-19(51-30-26(25-12-9-15-53-25)39-22-10-7-8-11-23(22)40-30)16-24(44)29(45)42-36(17-21(36)28(37)38)32(47)43-54(49,50)20-13-14-20/h7-12,15,19-21,24,27-28H,13-14,16-18H2,1-6H3,(H,41,48)(H,42,45)(H,43,47)/t19-,21+,24?,27-,36-/m1/s1. The molecule has 1 unspecified atom stereocenters. The Hall–Kier alpha value is -4.45. The summed E-state index contributed by atoms with van der Waals surface area (Å²) in [6.07, 6.45) is -4.86. The van der Waals surface area contributed by atoms with Crippen molar-refractivity contribution in [1.29, 1.82) is 0 Å². The number of hydrogen-bond donors (Lipinski definition) is 3. The number of fused-ring (bicyclic) bond motifs is 1. The molecule has 14 nitrogen and oxygen atoms in total. The minimum absolute atomic E-state index is 0.134. The number of rotatable bonds is 11. The first kappa shape index (κ1) is 39.2. The van der Waals surface area contributed by atoms with Crippen LogP contribution >= 0.6 is 11.3 Å². The second-order valence-corrected chi connectivity index (χ2v) is 19.0. The first-order valence-corrected chi connectivity index (χ1v) is 20.0. The van der Waals surface area contributed by atoms with E-state index < -0.39 is 92.6 Å². The maximum Gasteiger partial charge on any atom is 0.408 e. The molecule has 2 aliphatic carbocycles. The van der Waals surface area contributed by atoms with Gasteiger partial charge in [-0.1, -0.05) is 39.0 Å². The maximum absolute atomic E-state index is 14.5. The summed E-state index contributed by atoms with van der Waals surface area (Å²) in [6.45, 7) is 9.91. The zero-order valence-corrected chi connectivity index (χ0v) is 32.4. The van der Waals surface area contributed by atoms with E-state index in [1.165, 1.54) is 16.2 Å². The number of carbonyl (C=O) groups excluding carboxylic acids is 4. The van der Waals surface area contributed by atoms with Gasteiger partial charge in [-0.25, -0.2) is 32.0 Å². The van der Waals surface area contributed by atoms with Gasteiger partial charge in [0.1, 0.15) is 35.0 Å². The largest absolute Gasteiger partial charge is 0.471 e. The summed E-state index contributed by atoms with van der Waals surface area (Å²) in [5.41, 5.74) is -2.46. The number of carbonyl (C=O) groups is 4. The molecule has 3 N–H and O–H groups in total. The summed E-state index contributed by atoms with van der Waals surface area (Å²) in [5.74, 6) is -4.45. The summed E-state index contributed by atoms with van der Waals surface area (Å²) in [5, 5.41) is 6.09. The second-order valence-electron chi connectivity index (χ2n) is 16.1. The molecule has 3 heterocycles. The van der Waals surface area contributed by atoms with E-state index in [1.54, 1.807) is 59.7 Å². The third kappa shape index (κ3) is 8.43. The van der Waals surface area contributed by atoms with Crippen molar-refractivity contribution < 1.29 is 45.9 Å². The number of thiophene rings is 1. The molecule has 2 saturated carbocycles. The molecule has 5 atom stereocenters. The number of ether oxygens (including phenoxy) is 2. The number of hydrogen-bond acceptors (Lipinski definition) is 11. The quantitative estimate of drug-likeness (QED) is 0.252. The topological polar surface area (TPSA) is 186 Å². The fourth-order valence-electron chi connectivity index (χ4n) is 6.45. The van der Waals surface area contributed by atoms with Crippen molar-refractivity contribution >= 4 is 56.2 Å². The van der Waals surface area contributed by atoms with E-state index in [9.17, 15) is 36.4 Å². The highest BCUT2D eigenvalue weighted by atomic mass is 32.2. The number of nitrogens with zero attached hydrogens (tertiary/aromatic N) is 3. The van der Waals surface area contributed by atoms with Crippen molar-refractivity contribution in [2.75, 3.05) is 6.54 Å². The Morgan fingerprint density at radius 1 is 1.00 bits per heavy atom. The van der Waals surface area contributed by atoms with Crippen LogP contribution in [0.1, 0.15) is 67.2 Å². The Balaban J connectivity index is 1.33. The molecule has 6 rings (SSSR count). The normalized spacial score (nSPS) is 23.5. The number of alkyl carbamates (subject to hydrolysis) is 1. The molecule has 3 aliphatic rings. The average molecular weight is 791 g/mol. The van der Waals surface area contributed by atoms with Gasteiger partial charge in [-0.3, -0.25) is 19.1 Å². The Bertz CT molecular complexity index is 2050. The molecule has 18 heteroatoms. The number of benzene rings is 1. The summed E-state index contributed by atoms with van der Waals surface area (Å²) >= 11 is 1.41. The van der Waals surface area contributed by atoms with Crippen molar-refractivity contribution in [3.63, 3.8) is 0 Å². The molecule has 0 spiro atoms. The molecule has 3 fully saturated rings. The molecule has 1 aliphatic heterocycles. The van der Waals surface area contributed by atoms with Gasteiger partial charge in [0, 0.05) is 6.42 Å². The molecule has 54 heavy (non-hydrogen) atoms. The van der Waals surface area contributed by atoms with E-state index in [0.29, 0.717) is 29.6 Å². The first-order chi connectivity index (χ1) is 25.2. The van der Waals surface area contributed by atoms with Crippen LogP contribution in [0.15, 0.2) is 41.8 Å². The van der Waals surface area contributed by atoms with Crippen LogP contribution in [0, 0.1) is 11.3 Å². The molecule has 2 aromatic heterocycles. The molecule has 292 valence electrons. The number of likely N-dealkylation sites (tertiary alicyclic amines) is 1. The minimum atomic E-state index is -4.14. The molecule has 1 aromatic carbocycles. The van der Waals surface area contributed by atoms with E-state index >= 15 is 0 Å². The van der Waals surface area contributed by atoms with Crippen molar-refractivity contribution in [3.05, 3.63) is 41.8 Å². The van der Waals surface area contributed by atoms with Crippen LogP contribution in [0.5, 0.6) is 5.88 Å². The van der Waals surface area contributed by atoms with E-state index in [0.717, 1.165) is 4.88 Å². The van der Waals surface area contributed by atoms with Gasteiger partial charge in [0.2, 0.25) is 34.1 Å². The Morgan fingerprint density at radius 2 is 1.67 bits per heavy atom. The van der Waals surface area contributed by atoms with Gasteiger partial charge in [-0.2, -0.15) is 0 Å². The van der Waals surface area contributed by atoms with Crippen LogP contribution in [-0.2, 0) is 29.1 Å². The van der Waals surface area contributed by atoms with Crippen molar-refractivity contribution in [3.8, 4) is 16.5 Å². The predicted octanol–water partition coefficient (Wildman–Crippen LogP) is 4.39. The third-order valence-corrected chi connectivity index (χ3v) is 12.2. The molecular weight excluding hydrogens is 747 g/mol. The third-order valence-electron chi connectivity index (χ3n) is 9.46. The van der Waals surface area contributed by atoms with Crippen LogP contribution in [0.2, 0.25) is 0 Å². The second kappa shape index (κ2) is 14.3. The fraction of sp³-hybridized carbons (Fsp3) is 0.556. The van der Waals surface area contributed by atoms with Crippen molar-refractivity contribution in [2.24, 2.45) is 11.3 Å². The monoisotopic (exact) mass is 790 g/mol. The highest BCUT2D eigenvalue weighted by Crippen LogP contribution is 2.48. The average Bonchev–Trinajstić information content (AvgIpc) is 3.95. The lowest BCUT2D eigenvalue weighted by molar-refractivity contribution is -0.143.